The number of carbonyl (C=O) groups excluding carboxylic acids is 1. The lowest BCUT2D eigenvalue weighted by Gasteiger charge is -2.16. The molecule has 7 heteroatoms. The zero-order chi connectivity index (χ0) is 15.8. The molecule has 0 aliphatic carbocycles. The monoisotopic (exact) mass is 360 g/mol. The van der Waals surface area contributed by atoms with Crippen molar-refractivity contribution in [1.82, 2.24) is 5.32 Å². The molecule has 1 unspecified atom stereocenters. The molecule has 21 heavy (non-hydrogen) atoms. The van der Waals surface area contributed by atoms with Crippen LogP contribution >= 0.6 is 15.9 Å². The van der Waals surface area contributed by atoms with Gasteiger partial charge in [-0.25, -0.2) is 0 Å². The molecule has 4 N–H and O–H groups in total. The average Bonchev–Trinajstić information content (AvgIpc) is 2.46. The quantitative estimate of drug-likeness (QED) is 0.614. The van der Waals surface area contributed by atoms with Gasteiger partial charge in [-0.15, -0.1) is 0 Å². The van der Waals surface area contributed by atoms with Gasteiger partial charge in [0.05, 0.1) is 18.2 Å². The van der Waals surface area contributed by atoms with Gasteiger partial charge in [-0.2, -0.15) is 0 Å². The fourth-order valence-electron chi connectivity index (χ4n) is 1.76. The molecule has 1 rings (SSSR count). The van der Waals surface area contributed by atoms with Crippen molar-refractivity contribution in [1.29, 1.82) is 0 Å². The highest BCUT2D eigenvalue weighted by molar-refractivity contribution is 9.10. The van der Waals surface area contributed by atoms with Crippen molar-refractivity contribution in [2.24, 2.45) is 5.73 Å². The Kier molecular flexibility index (Phi) is 7.49. The Labute approximate surface area is 132 Å². The number of hydrogen-bond acceptors (Lipinski definition) is 5. The second-order valence-electron chi connectivity index (χ2n) is 4.53. The maximum Gasteiger partial charge on any atom is 0.255 e. The van der Waals surface area contributed by atoms with Gasteiger partial charge in [-0.1, -0.05) is 6.92 Å². The molecule has 1 aromatic rings. The van der Waals surface area contributed by atoms with E-state index in [0.717, 1.165) is 12.0 Å². The van der Waals surface area contributed by atoms with Crippen molar-refractivity contribution in [2.75, 3.05) is 20.3 Å². The lowest BCUT2D eigenvalue weighted by molar-refractivity contribution is -0.119. The first-order valence-electron chi connectivity index (χ1n) is 6.63. The van der Waals surface area contributed by atoms with Gasteiger partial charge in [-0.3, -0.25) is 4.79 Å². The molecule has 1 amide bonds. The van der Waals surface area contributed by atoms with Crippen molar-refractivity contribution >= 4 is 21.8 Å². The highest BCUT2D eigenvalue weighted by Gasteiger charge is 2.13. The predicted molar refractivity (Wildman–Crippen MR) is 83.4 cm³/mol. The number of benzene rings is 1. The molecule has 0 aromatic heterocycles. The lowest BCUT2D eigenvalue weighted by Crippen LogP contribution is -2.31. The Morgan fingerprint density at radius 1 is 1.52 bits per heavy atom. The minimum Gasteiger partial charge on any atom is -0.493 e. The number of carbonyl (C=O) groups is 1. The SMILES string of the molecule is CCC(CO)NCc1cc(Br)c(OCC(N)=O)c(OC)c1. The lowest BCUT2D eigenvalue weighted by atomic mass is 10.1. The molecule has 0 saturated carbocycles. The number of methoxy groups -OCH3 is 1. The van der Waals surface area contributed by atoms with Crippen LogP contribution in [0.3, 0.4) is 0 Å². The van der Waals surface area contributed by atoms with E-state index in [1.54, 1.807) is 0 Å². The molecule has 0 bridgehead atoms. The summed E-state index contributed by atoms with van der Waals surface area (Å²) >= 11 is 3.40. The number of nitrogens with one attached hydrogen (secondary N) is 1. The Hall–Kier alpha value is -1.31. The number of halogens is 1. The molecule has 0 heterocycles. The van der Waals surface area contributed by atoms with E-state index in [2.05, 4.69) is 21.2 Å². The molecule has 6 nitrogen and oxygen atoms in total. The van der Waals surface area contributed by atoms with Crippen LogP contribution < -0.4 is 20.5 Å². The molecular weight excluding hydrogens is 340 g/mol. The average molecular weight is 361 g/mol. The summed E-state index contributed by atoms with van der Waals surface area (Å²) in [5, 5.41) is 12.4. The molecule has 118 valence electrons. The van der Waals surface area contributed by atoms with Crippen LogP contribution in [0.15, 0.2) is 16.6 Å². The topological polar surface area (TPSA) is 93.8 Å². The van der Waals surface area contributed by atoms with E-state index in [9.17, 15) is 4.79 Å². The van der Waals surface area contributed by atoms with Gasteiger partial charge in [0.2, 0.25) is 0 Å². The van der Waals surface area contributed by atoms with Gasteiger partial charge >= 0.3 is 0 Å². The highest BCUT2D eigenvalue weighted by atomic mass is 79.9. The van der Waals surface area contributed by atoms with E-state index in [4.69, 9.17) is 20.3 Å². The number of aliphatic hydroxyl groups is 1. The predicted octanol–water partition coefficient (Wildman–Crippen LogP) is 1.18. The standard InChI is InChI=1S/C14H21BrN2O4/c1-3-10(7-18)17-6-9-4-11(15)14(12(5-9)20-2)21-8-13(16)19/h4-5,10,17-18H,3,6-8H2,1-2H3,(H2,16,19). The van der Waals surface area contributed by atoms with Crippen LogP contribution in [-0.4, -0.2) is 37.4 Å². The van der Waals surface area contributed by atoms with Gasteiger partial charge < -0.3 is 25.6 Å². The van der Waals surface area contributed by atoms with Crippen molar-refractivity contribution in [3.63, 3.8) is 0 Å². The second kappa shape index (κ2) is 8.86. The zero-order valence-corrected chi connectivity index (χ0v) is 13.8. The molecule has 0 saturated heterocycles. The number of hydrogen-bond donors (Lipinski definition) is 3. The van der Waals surface area contributed by atoms with Gasteiger partial charge in [-0.05, 0) is 40.0 Å². The van der Waals surface area contributed by atoms with Crippen molar-refractivity contribution in [3.05, 3.63) is 22.2 Å². The van der Waals surface area contributed by atoms with Crippen molar-refractivity contribution < 1.29 is 19.4 Å². The maximum absolute atomic E-state index is 10.8. The molecule has 0 radical (unpaired) electrons. The van der Waals surface area contributed by atoms with Crippen LogP contribution in [0.5, 0.6) is 11.5 Å². The fraction of sp³-hybridized carbons (Fsp3) is 0.500. The molecule has 0 aliphatic heterocycles. The summed E-state index contributed by atoms with van der Waals surface area (Å²) in [5.41, 5.74) is 6.04. The van der Waals surface area contributed by atoms with Gasteiger partial charge in [0.1, 0.15) is 0 Å². The third-order valence-electron chi connectivity index (χ3n) is 2.96. The molecular formula is C14H21BrN2O4. The summed E-state index contributed by atoms with van der Waals surface area (Å²) in [6, 6.07) is 3.74. The van der Waals surface area contributed by atoms with Crippen molar-refractivity contribution in [2.45, 2.75) is 25.9 Å². The second-order valence-corrected chi connectivity index (χ2v) is 5.39. The summed E-state index contributed by atoms with van der Waals surface area (Å²) in [6.45, 7) is 2.47. The summed E-state index contributed by atoms with van der Waals surface area (Å²) in [7, 11) is 1.53. The molecule has 0 fully saturated rings. The molecule has 0 spiro atoms. The van der Waals surface area contributed by atoms with Crippen molar-refractivity contribution in [3.8, 4) is 11.5 Å². The highest BCUT2D eigenvalue weighted by Crippen LogP contribution is 2.36. The minimum atomic E-state index is -0.552. The third-order valence-corrected chi connectivity index (χ3v) is 3.55. The van der Waals surface area contributed by atoms with Gasteiger partial charge in [0.25, 0.3) is 5.91 Å². The summed E-state index contributed by atoms with van der Waals surface area (Å²) in [6.07, 6.45) is 0.842. The van der Waals surface area contributed by atoms with E-state index in [0.29, 0.717) is 22.5 Å². The summed E-state index contributed by atoms with van der Waals surface area (Å²) < 4.78 is 11.3. The van der Waals surface area contributed by atoms with Crippen LogP contribution in [0.1, 0.15) is 18.9 Å². The smallest absolute Gasteiger partial charge is 0.255 e. The van der Waals surface area contributed by atoms with E-state index in [1.165, 1.54) is 7.11 Å². The molecule has 0 aliphatic rings. The largest absolute Gasteiger partial charge is 0.493 e. The fourth-order valence-corrected chi connectivity index (χ4v) is 2.36. The third kappa shape index (κ3) is 5.53. The van der Waals surface area contributed by atoms with Crippen LogP contribution in [-0.2, 0) is 11.3 Å². The van der Waals surface area contributed by atoms with E-state index >= 15 is 0 Å². The number of primary amides is 1. The molecule has 1 aromatic carbocycles. The van der Waals surface area contributed by atoms with E-state index < -0.39 is 5.91 Å². The summed E-state index contributed by atoms with van der Waals surface area (Å²) in [5.74, 6) is 0.400. The normalized spacial score (nSPS) is 12.0. The Morgan fingerprint density at radius 2 is 2.24 bits per heavy atom. The molecule has 1 atom stereocenters. The first kappa shape index (κ1) is 17.7. The number of nitrogens with two attached hydrogens (primary N) is 1. The first-order chi connectivity index (χ1) is 10.0. The number of ether oxygens (including phenoxy) is 2. The number of aliphatic hydroxyl groups excluding tert-OH is 1. The maximum atomic E-state index is 10.8. The number of rotatable bonds is 9. The minimum absolute atomic E-state index is 0.0561. The van der Waals surface area contributed by atoms with Crippen LogP contribution in [0.2, 0.25) is 0 Å². The van der Waals surface area contributed by atoms with E-state index in [1.807, 2.05) is 19.1 Å². The Balaban J connectivity index is 2.84. The van der Waals surface area contributed by atoms with Gasteiger partial charge in [0, 0.05) is 12.6 Å². The first-order valence-corrected chi connectivity index (χ1v) is 7.42. The van der Waals surface area contributed by atoms with E-state index in [-0.39, 0.29) is 19.3 Å². The summed E-state index contributed by atoms with van der Waals surface area (Å²) in [4.78, 5) is 10.8. The Bertz CT molecular complexity index is 478. The van der Waals surface area contributed by atoms with Crippen LogP contribution in [0.4, 0.5) is 0 Å². The van der Waals surface area contributed by atoms with Gasteiger partial charge in [0.15, 0.2) is 18.1 Å². The number of amides is 1. The zero-order valence-electron chi connectivity index (χ0n) is 12.2. The van der Waals surface area contributed by atoms with Crippen LogP contribution in [0.25, 0.3) is 0 Å². The van der Waals surface area contributed by atoms with Crippen LogP contribution in [0, 0.1) is 0 Å². The Morgan fingerprint density at radius 3 is 2.76 bits per heavy atom.